The van der Waals surface area contributed by atoms with Crippen LogP contribution in [0.5, 0.6) is 0 Å². The molecule has 0 spiro atoms. The molecule has 3 heteroatoms. The molecule has 1 heterocycles. The fourth-order valence-electron chi connectivity index (χ4n) is 2.54. The molecule has 2 aromatic rings. The summed E-state index contributed by atoms with van der Waals surface area (Å²) in [5.74, 6) is 0. The van der Waals surface area contributed by atoms with Gasteiger partial charge in [0.2, 0.25) is 0 Å². The summed E-state index contributed by atoms with van der Waals surface area (Å²) in [6.45, 7) is 7.14. The summed E-state index contributed by atoms with van der Waals surface area (Å²) >= 11 is 0. The van der Waals surface area contributed by atoms with Gasteiger partial charge in [-0.1, -0.05) is 36.2 Å². The van der Waals surface area contributed by atoms with Gasteiger partial charge < -0.3 is 5.11 Å². The van der Waals surface area contributed by atoms with Gasteiger partial charge in [0, 0.05) is 19.2 Å². The van der Waals surface area contributed by atoms with Gasteiger partial charge in [-0.05, 0) is 31.9 Å². The Morgan fingerprint density at radius 1 is 1.21 bits per heavy atom. The van der Waals surface area contributed by atoms with E-state index in [9.17, 15) is 5.11 Å². The standard InChI is InChI=1S/C16H22N2O/c1-4-7-18-15(5-6-17-18)16(19)11-14-9-12(2)8-13(3)10-14/h5-6,8-10,16,19H,4,7,11H2,1-3H3. The Kier molecular flexibility index (Phi) is 4.38. The van der Waals surface area contributed by atoms with Crippen LogP contribution in [0.3, 0.4) is 0 Å². The number of nitrogens with zero attached hydrogens (tertiary/aromatic N) is 2. The van der Waals surface area contributed by atoms with E-state index in [1.807, 2.05) is 10.7 Å². The van der Waals surface area contributed by atoms with Crippen LogP contribution in [0.1, 0.15) is 41.8 Å². The van der Waals surface area contributed by atoms with Crippen LogP contribution in [0.25, 0.3) is 0 Å². The van der Waals surface area contributed by atoms with Crippen molar-refractivity contribution in [1.29, 1.82) is 0 Å². The summed E-state index contributed by atoms with van der Waals surface area (Å²) in [4.78, 5) is 0. The quantitative estimate of drug-likeness (QED) is 0.894. The molecule has 1 unspecified atom stereocenters. The molecule has 102 valence electrons. The lowest BCUT2D eigenvalue weighted by Gasteiger charge is -2.14. The van der Waals surface area contributed by atoms with Crippen LogP contribution < -0.4 is 0 Å². The Bertz CT molecular complexity index is 525. The highest BCUT2D eigenvalue weighted by Gasteiger charge is 2.13. The smallest absolute Gasteiger partial charge is 0.0996 e. The average Bonchev–Trinajstić information content (AvgIpc) is 2.76. The summed E-state index contributed by atoms with van der Waals surface area (Å²) in [6, 6.07) is 8.33. The van der Waals surface area contributed by atoms with Crippen LogP contribution in [-0.2, 0) is 13.0 Å². The number of benzene rings is 1. The van der Waals surface area contributed by atoms with Crippen molar-refractivity contribution in [3.05, 3.63) is 52.8 Å². The molecule has 0 fully saturated rings. The number of aromatic nitrogens is 2. The van der Waals surface area contributed by atoms with Gasteiger partial charge in [-0.3, -0.25) is 4.68 Å². The van der Waals surface area contributed by atoms with Gasteiger partial charge in [0.15, 0.2) is 0 Å². The second kappa shape index (κ2) is 6.02. The van der Waals surface area contributed by atoms with Crippen LogP contribution in [0.2, 0.25) is 0 Å². The first kappa shape index (κ1) is 13.8. The summed E-state index contributed by atoms with van der Waals surface area (Å²) in [6.07, 6.45) is 2.92. The molecule has 0 aliphatic carbocycles. The van der Waals surface area contributed by atoms with Crippen LogP contribution in [0.4, 0.5) is 0 Å². The van der Waals surface area contributed by atoms with E-state index in [4.69, 9.17) is 0 Å². The molecule has 0 saturated heterocycles. The Morgan fingerprint density at radius 2 is 1.89 bits per heavy atom. The molecule has 1 atom stereocenters. The Labute approximate surface area is 114 Å². The minimum Gasteiger partial charge on any atom is -0.386 e. The van der Waals surface area contributed by atoms with Crippen LogP contribution in [0.15, 0.2) is 30.5 Å². The van der Waals surface area contributed by atoms with E-state index in [1.165, 1.54) is 16.7 Å². The number of aliphatic hydroxyl groups is 1. The molecule has 0 radical (unpaired) electrons. The number of hydrogen-bond acceptors (Lipinski definition) is 2. The highest BCUT2D eigenvalue weighted by atomic mass is 16.3. The van der Waals surface area contributed by atoms with Gasteiger partial charge in [0.25, 0.3) is 0 Å². The summed E-state index contributed by atoms with van der Waals surface area (Å²) in [5.41, 5.74) is 4.56. The second-order valence-corrected chi connectivity index (χ2v) is 5.20. The Hall–Kier alpha value is -1.61. The third kappa shape index (κ3) is 3.44. The van der Waals surface area contributed by atoms with Gasteiger partial charge >= 0.3 is 0 Å². The molecule has 1 N–H and O–H groups in total. The Balaban J connectivity index is 2.15. The fraction of sp³-hybridized carbons (Fsp3) is 0.438. The van der Waals surface area contributed by atoms with E-state index in [-0.39, 0.29) is 0 Å². The van der Waals surface area contributed by atoms with Crippen molar-refractivity contribution >= 4 is 0 Å². The lowest BCUT2D eigenvalue weighted by molar-refractivity contribution is 0.166. The van der Waals surface area contributed by atoms with E-state index in [0.29, 0.717) is 6.42 Å². The minimum absolute atomic E-state index is 0.491. The van der Waals surface area contributed by atoms with Gasteiger partial charge in [-0.2, -0.15) is 5.10 Å². The highest BCUT2D eigenvalue weighted by Crippen LogP contribution is 2.20. The van der Waals surface area contributed by atoms with E-state index >= 15 is 0 Å². The van der Waals surface area contributed by atoms with Crippen LogP contribution in [-0.4, -0.2) is 14.9 Å². The van der Waals surface area contributed by atoms with Crippen LogP contribution >= 0.6 is 0 Å². The molecule has 0 saturated carbocycles. The van der Waals surface area contributed by atoms with Gasteiger partial charge in [-0.25, -0.2) is 0 Å². The average molecular weight is 258 g/mol. The summed E-state index contributed by atoms with van der Waals surface area (Å²) in [7, 11) is 0. The zero-order chi connectivity index (χ0) is 13.8. The number of aryl methyl sites for hydroxylation is 3. The van der Waals surface area contributed by atoms with Crippen molar-refractivity contribution in [2.75, 3.05) is 0 Å². The second-order valence-electron chi connectivity index (χ2n) is 5.20. The summed E-state index contributed by atoms with van der Waals surface area (Å²) in [5, 5.41) is 14.7. The van der Waals surface area contributed by atoms with Gasteiger partial charge in [0.1, 0.15) is 0 Å². The topological polar surface area (TPSA) is 38.0 Å². The monoisotopic (exact) mass is 258 g/mol. The van der Waals surface area contributed by atoms with Crippen molar-refractivity contribution in [3.8, 4) is 0 Å². The minimum atomic E-state index is -0.491. The first-order chi connectivity index (χ1) is 9.10. The molecule has 19 heavy (non-hydrogen) atoms. The van der Waals surface area contributed by atoms with E-state index < -0.39 is 6.10 Å². The molecule has 1 aromatic carbocycles. The molecule has 2 rings (SSSR count). The molecule has 1 aromatic heterocycles. The normalized spacial score (nSPS) is 12.6. The van der Waals surface area contributed by atoms with Crippen molar-refractivity contribution in [2.45, 2.75) is 46.3 Å². The lowest BCUT2D eigenvalue weighted by Crippen LogP contribution is -2.11. The van der Waals surface area contributed by atoms with Crippen molar-refractivity contribution in [2.24, 2.45) is 0 Å². The predicted molar refractivity (Wildman–Crippen MR) is 77.1 cm³/mol. The van der Waals surface area contributed by atoms with E-state index in [0.717, 1.165) is 18.7 Å². The third-order valence-electron chi connectivity index (χ3n) is 3.24. The maximum atomic E-state index is 10.4. The van der Waals surface area contributed by atoms with Crippen LogP contribution in [0, 0.1) is 13.8 Å². The summed E-state index contributed by atoms with van der Waals surface area (Å²) < 4.78 is 1.90. The third-order valence-corrected chi connectivity index (χ3v) is 3.24. The molecule has 0 bridgehead atoms. The molecule has 0 aliphatic rings. The van der Waals surface area contributed by atoms with Crippen molar-refractivity contribution in [1.82, 2.24) is 9.78 Å². The first-order valence-electron chi connectivity index (χ1n) is 6.87. The van der Waals surface area contributed by atoms with Gasteiger partial charge in [-0.15, -0.1) is 0 Å². The lowest BCUT2D eigenvalue weighted by atomic mass is 10.0. The SMILES string of the molecule is CCCn1nccc1C(O)Cc1cc(C)cc(C)c1. The fourth-order valence-corrected chi connectivity index (χ4v) is 2.54. The molecule has 0 aliphatic heterocycles. The van der Waals surface area contributed by atoms with Crippen molar-refractivity contribution < 1.29 is 5.11 Å². The predicted octanol–water partition coefficient (Wildman–Crippen LogP) is 3.19. The van der Waals surface area contributed by atoms with Gasteiger partial charge in [0.05, 0.1) is 11.8 Å². The molecule has 3 nitrogen and oxygen atoms in total. The maximum absolute atomic E-state index is 10.4. The van der Waals surface area contributed by atoms with E-state index in [1.54, 1.807) is 6.20 Å². The maximum Gasteiger partial charge on any atom is 0.0996 e. The first-order valence-corrected chi connectivity index (χ1v) is 6.87. The molecular formula is C16H22N2O. The number of rotatable bonds is 5. The number of hydrogen-bond donors (Lipinski definition) is 1. The molecular weight excluding hydrogens is 236 g/mol. The Morgan fingerprint density at radius 3 is 2.53 bits per heavy atom. The zero-order valence-corrected chi connectivity index (χ0v) is 11.9. The number of aliphatic hydroxyl groups excluding tert-OH is 1. The van der Waals surface area contributed by atoms with Crippen molar-refractivity contribution in [3.63, 3.8) is 0 Å². The molecule has 0 amide bonds. The largest absolute Gasteiger partial charge is 0.386 e. The zero-order valence-electron chi connectivity index (χ0n) is 11.9. The van der Waals surface area contributed by atoms with E-state index in [2.05, 4.69) is 44.1 Å². The highest BCUT2D eigenvalue weighted by molar-refractivity contribution is 5.29.